The molecule has 7 heteroatoms. The predicted octanol–water partition coefficient (Wildman–Crippen LogP) is 2.09. The van der Waals surface area contributed by atoms with Gasteiger partial charge >= 0.3 is 12.1 Å². The van der Waals surface area contributed by atoms with Crippen molar-refractivity contribution in [3.63, 3.8) is 0 Å². The molecule has 1 aliphatic carbocycles. The minimum atomic E-state index is -4.32. The van der Waals surface area contributed by atoms with Crippen LogP contribution < -0.4 is 5.32 Å². The molecule has 0 heterocycles. The summed E-state index contributed by atoms with van der Waals surface area (Å²) in [5, 5.41) is 11.3. The van der Waals surface area contributed by atoms with Gasteiger partial charge in [-0.25, -0.2) is 0 Å². The normalized spacial score (nSPS) is 24.6. The van der Waals surface area contributed by atoms with Crippen LogP contribution in [0, 0.1) is 5.92 Å². The van der Waals surface area contributed by atoms with Gasteiger partial charge in [0.1, 0.15) is 0 Å². The van der Waals surface area contributed by atoms with E-state index in [1.54, 1.807) is 0 Å². The van der Waals surface area contributed by atoms with Crippen molar-refractivity contribution in [3.8, 4) is 0 Å². The first kappa shape index (κ1) is 14.8. The number of hydrogen-bond donors (Lipinski definition) is 2. The molecule has 1 rings (SSSR count). The number of carbonyl (C=O) groups is 2. The highest BCUT2D eigenvalue weighted by atomic mass is 19.4. The molecule has 0 aromatic heterocycles. The van der Waals surface area contributed by atoms with Gasteiger partial charge in [0.05, 0.1) is 12.3 Å². The maximum absolute atomic E-state index is 11.9. The van der Waals surface area contributed by atoms with Crippen molar-refractivity contribution < 1.29 is 27.9 Å². The number of rotatable bonds is 4. The van der Waals surface area contributed by atoms with Crippen molar-refractivity contribution >= 4 is 11.9 Å². The van der Waals surface area contributed by atoms with E-state index in [2.05, 4.69) is 5.32 Å². The Bertz CT molecular complexity index is 309. The van der Waals surface area contributed by atoms with E-state index in [4.69, 9.17) is 5.11 Å². The molecule has 1 aliphatic rings. The standard InChI is InChI=1S/C11H16F3NO3/c12-11(13,14)6-5-9(16)15-8-3-1-7(2-4-8)10(17)18/h7-8H,1-6H2,(H,15,16)(H,17,18). The van der Waals surface area contributed by atoms with E-state index in [-0.39, 0.29) is 6.04 Å². The topological polar surface area (TPSA) is 66.4 Å². The lowest BCUT2D eigenvalue weighted by Gasteiger charge is -2.26. The van der Waals surface area contributed by atoms with Crippen LogP contribution in [-0.2, 0) is 9.59 Å². The molecule has 0 saturated heterocycles. The molecule has 1 fully saturated rings. The molecule has 0 aromatic carbocycles. The molecular formula is C11H16F3NO3. The number of amides is 1. The van der Waals surface area contributed by atoms with Crippen molar-refractivity contribution in [1.29, 1.82) is 0 Å². The molecule has 2 N–H and O–H groups in total. The fraction of sp³-hybridized carbons (Fsp3) is 0.818. The molecular weight excluding hydrogens is 251 g/mol. The lowest BCUT2D eigenvalue weighted by molar-refractivity contribution is -0.145. The van der Waals surface area contributed by atoms with Gasteiger partial charge in [-0.15, -0.1) is 0 Å². The number of carboxylic acid groups (broad SMARTS) is 1. The maximum Gasteiger partial charge on any atom is 0.389 e. The van der Waals surface area contributed by atoms with E-state index in [0.29, 0.717) is 25.7 Å². The first-order chi connectivity index (χ1) is 8.28. The summed E-state index contributed by atoms with van der Waals surface area (Å²) in [6, 6.07) is -0.193. The minimum absolute atomic E-state index is 0.193. The lowest BCUT2D eigenvalue weighted by Crippen LogP contribution is -2.39. The third kappa shape index (κ3) is 5.37. The van der Waals surface area contributed by atoms with Crippen molar-refractivity contribution in [1.82, 2.24) is 5.32 Å². The first-order valence-electron chi connectivity index (χ1n) is 5.87. The van der Waals surface area contributed by atoms with E-state index in [1.807, 2.05) is 0 Å². The molecule has 1 amide bonds. The van der Waals surface area contributed by atoms with Crippen molar-refractivity contribution in [3.05, 3.63) is 0 Å². The zero-order valence-electron chi connectivity index (χ0n) is 9.79. The number of hydrogen-bond acceptors (Lipinski definition) is 2. The summed E-state index contributed by atoms with van der Waals surface area (Å²) < 4.78 is 35.7. The second kappa shape index (κ2) is 6.06. The van der Waals surface area contributed by atoms with Crippen LogP contribution in [0.4, 0.5) is 13.2 Å². The van der Waals surface area contributed by atoms with Gasteiger partial charge in [0, 0.05) is 12.5 Å². The third-order valence-electron chi connectivity index (χ3n) is 3.08. The molecule has 104 valence electrons. The summed E-state index contributed by atoms with van der Waals surface area (Å²) in [6.45, 7) is 0. The summed E-state index contributed by atoms with van der Waals surface area (Å²) in [7, 11) is 0. The number of carbonyl (C=O) groups excluding carboxylic acids is 1. The highest BCUT2D eigenvalue weighted by molar-refractivity contribution is 5.76. The average Bonchev–Trinajstić information content (AvgIpc) is 2.26. The highest BCUT2D eigenvalue weighted by Crippen LogP contribution is 2.25. The monoisotopic (exact) mass is 267 g/mol. The molecule has 0 atom stereocenters. The molecule has 4 nitrogen and oxygen atoms in total. The smallest absolute Gasteiger partial charge is 0.389 e. The molecule has 1 saturated carbocycles. The van der Waals surface area contributed by atoms with Crippen molar-refractivity contribution in [2.45, 2.75) is 50.7 Å². The van der Waals surface area contributed by atoms with Gasteiger partial charge in [-0.3, -0.25) is 9.59 Å². The summed E-state index contributed by atoms with van der Waals surface area (Å²) in [4.78, 5) is 21.9. The Hall–Kier alpha value is -1.27. The highest BCUT2D eigenvalue weighted by Gasteiger charge is 2.30. The number of alkyl halides is 3. The third-order valence-corrected chi connectivity index (χ3v) is 3.08. The van der Waals surface area contributed by atoms with Crippen LogP contribution in [0.15, 0.2) is 0 Å². The van der Waals surface area contributed by atoms with E-state index in [0.717, 1.165) is 0 Å². The van der Waals surface area contributed by atoms with E-state index in [1.165, 1.54) is 0 Å². The number of aliphatic carboxylic acids is 1. The second-order valence-corrected chi connectivity index (χ2v) is 4.57. The van der Waals surface area contributed by atoms with Gasteiger partial charge in [0.2, 0.25) is 5.91 Å². The van der Waals surface area contributed by atoms with Crippen LogP contribution in [0.5, 0.6) is 0 Å². The van der Waals surface area contributed by atoms with Crippen LogP contribution in [0.1, 0.15) is 38.5 Å². The Morgan fingerprint density at radius 2 is 1.72 bits per heavy atom. The van der Waals surface area contributed by atoms with Crippen molar-refractivity contribution in [2.75, 3.05) is 0 Å². The number of nitrogens with one attached hydrogen (secondary N) is 1. The van der Waals surface area contributed by atoms with E-state index >= 15 is 0 Å². The minimum Gasteiger partial charge on any atom is -0.481 e. The molecule has 0 unspecified atom stereocenters. The van der Waals surface area contributed by atoms with Crippen LogP contribution >= 0.6 is 0 Å². The van der Waals surface area contributed by atoms with Gasteiger partial charge in [-0.05, 0) is 25.7 Å². The lowest BCUT2D eigenvalue weighted by atomic mass is 9.86. The molecule has 18 heavy (non-hydrogen) atoms. The Balaban J connectivity index is 2.24. The van der Waals surface area contributed by atoms with Gasteiger partial charge < -0.3 is 10.4 Å². The number of halogens is 3. The fourth-order valence-corrected chi connectivity index (χ4v) is 2.04. The zero-order chi connectivity index (χ0) is 13.8. The Morgan fingerprint density at radius 3 is 2.17 bits per heavy atom. The Kier molecular flexibility index (Phi) is 4.98. The summed E-state index contributed by atoms with van der Waals surface area (Å²) in [5.41, 5.74) is 0. The molecule has 0 aromatic rings. The fourth-order valence-electron chi connectivity index (χ4n) is 2.04. The summed E-state index contributed by atoms with van der Waals surface area (Å²) >= 11 is 0. The van der Waals surface area contributed by atoms with Gasteiger partial charge in [0.15, 0.2) is 0 Å². The van der Waals surface area contributed by atoms with Gasteiger partial charge in [0.25, 0.3) is 0 Å². The quantitative estimate of drug-likeness (QED) is 0.819. The number of carboxylic acids is 1. The van der Waals surface area contributed by atoms with E-state index < -0.39 is 36.8 Å². The Labute approximate surface area is 103 Å². The van der Waals surface area contributed by atoms with Crippen LogP contribution in [-0.4, -0.2) is 29.2 Å². The van der Waals surface area contributed by atoms with Gasteiger partial charge in [-0.2, -0.15) is 13.2 Å². The van der Waals surface area contributed by atoms with Crippen LogP contribution in [0.2, 0.25) is 0 Å². The predicted molar refractivity (Wildman–Crippen MR) is 56.8 cm³/mol. The van der Waals surface area contributed by atoms with Crippen molar-refractivity contribution in [2.24, 2.45) is 5.92 Å². The average molecular weight is 267 g/mol. The largest absolute Gasteiger partial charge is 0.481 e. The maximum atomic E-state index is 11.9. The Morgan fingerprint density at radius 1 is 1.17 bits per heavy atom. The molecule has 0 radical (unpaired) electrons. The second-order valence-electron chi connectivity index (χ2n) is 4.57. The van der Waals surface area contributed by atoms with Crippen LogP contribution in [0.25, 0.3) is 0 Å². The van der Waals surface area contributed by atoms with E-state index in [9.17, 15) is 22.8 Å². The molecule has 0 bridgehead atoms. The summed E-state index contributed by atoms with van der Waals surface area (Å²) in [5.74, 6) is -1.86. The zero-order valence-corrected chi connectivity index (χ0v) is 9.79. The SMILES string of the molecule is O=C(CCC(F)(F)F)NC1CCC(C(=O)O)CC1. The van der Waals surface area contributed by atoms with Crippen LogP contribution in [0.3, 0.4) is 0 Å². The van der Waals surface area contributed by atoms with Gasteiger partial charge in [-0.1, -0.05) is 0 Å². The summed E-state index contributed by atoms with van der Waals surface area (Å²) in [6.07, 6.45) is -4.08. The molecule has 0 spiro atoms. The first-order valence-corrected chi connectivity index (χ1v) is 5.87. The molecule has 0 aliphatic heterocycles.